The number of nitrogens with zero attached hydrogens (tertiary/aromatic N) is 5. The van der Waals surface area contributed by atoms with Crippen molar-refractivity contribution in [2.75, 3.05) is 5.32 Å². The van der Waals surface area contributed by atoms with Gasteiger partial charge in [-0.3, -0.25) is 0 Å². The summed E-state index contributed by atoms with van der Waals surface area (Å²) >= 11 is 5.61. The monoisotopic (exact) mass is 225 g/mol. The molecule has 8 heteroatoms. The molecule has 0 spiro atoms. The predicted octanol–water partition coefficient (Wildman–Crippen LogP) is 0.816. The molecule has 0 amide bonds. The van der Waals surface area contributed by atoms with Crippen molar-refractivity contribution in [1.82, 2.24) is 30.8 Å². The molecule has 1 unspecified atom stereocenters. The molecule has 0 aromatic carbocycles. The third-order valence-corrected chi connectivity index (χ3v) is 1.95. The first-order valence-electron chi connectivity index (χ1n) is 4.25. The van der Waals surface area contributed by atoms with Gasteiger partial charge in [-0.2, -0.15) is 5.21 Å². The van der Waals surface area contributed by atoms with E-state index in [2.05, 4.69) is 36.1 Å². The highest BCUT2D eigenvalue weighted by Crippen LogP contribution is 2.13. The van der Waals surface area contributed by atoms with Crippen molar-refractivity contribution in [3.8, 4) is 0 Å². The van der Waals surface area contributed by atoms with Gasteiger partial charge in [-0.1, -0.05) is 16.8 Å². The molecule has 0 bridgehead atoms. The smallest absolute Gasteiger partial charge is 0.196 e. The van der Waals surface area contributed by atoms with Gasteiger partial charge in [-0.05, 0) is 19.1 Å². The first-order chi connectivity index (χ1) is 7.25. The third kappa shape index (κ3) is 2.38. The molecule has 0 aliphatic rings. The molecule has 2 rings (SSSR count). The third-order valence-electron chi connectivity index (χ3n) is 1.75. The lowest BCUT2D eigenvalue weighted by molar-refractivity contribution is 0.782. The number of anilines is 1. The number of hydrogen-bond donors (Lipinski definition) is 2. The molecule has 0 aliphatic heterocycles. The van der Waals surface area contributed by atoms with Crippen molar-refractivity contribution >= 4 is 17.4 Å². The second kappa shape index (κ2) is 4.18. The van der Waals surface area contributed by atoms with Crippen LogP contribution >= 0.6 is 11.6 Å². The highest BCUT2D eigenvalue weighted by molar-refractivity contribution is 6.29. The van der Waals surface area contributed by atoms with Gasteiger partial charge in [0.05, 0.1) is 6.04 Å². The molecule has 0 saturated heterocycles. The summed E-state index contributed by atoms with van der Waals surface area (Å²) in [6, 6.07) is 3.28. The molecule has 0 aliphatic carbocycles. The van der Waals surface area contributed by atoms with Gasteiger partial charge in [-0.25, -0.2) is 0 Å². The van der Waals surface area contributed by atoms with Gasteiger partial charge in [0.25, 0.3) is 0 Å². The van der Waals surface area contributed by atoms with Gasteiger partial charge in [0.15, 0.2) is 11.0 Å². The molecule has 15 heavy (non-hydrogen) atoms. The Kier molecular flexibility index (Phi) is 2.72. The van der Waals surface area contributed by atoms with E-state index in [0.29, 0.717) is 16.8 Å². The SMILES string of the molecule is CC(Nc1ccc(Cl)nn1)c1nn[nH]n1. The van der Waals surface area contributed by atoms with Crippen LogP contribution in [-0.2, 0) is 0 Å². The number of aromatic amines is 1. The van der Waals surface area contributed by atoms with Crippen molar-refractivity contribution < 1.29 is 0 Å². The van der Waals surface area contributed by atoms with Crippen molar-refractivity contribution in [3.05, 3.63) is 23.1 Å². The van der Waals surface area contributed by atoms with Crippen LogP contribution in [0.1, 0.15) is 18.8 Å². The van der Waals surface area contributed by atoms with Crippen molar-refractivity contribution in [2.45, 2.75) is 13.0 Å². The molecule has 1 atom stereocenters. The molecule has 2 heterocycles. The summed E-state index contributed by atoms with van der Waals surface area (Å²) in [5.41, 5.74) is 0. The van der Waals surface area contributed by atoms with E-state index in [1.807, 2.05) is 6.92 Å². The fraction of sp³-hybridized carbons (Fsp3) is 0.286. The van der Waals surface area contributed by atoms with Crippen LogP contribution in [-0.4, -0.2) is 30.8 Å². The molecule has 7 nitrogen and oxygen atoms in total. The Morgan fingerprint density at radius 3 is 2.80 bits per heavy atom. The van der Waals surface area contributed by atoms with E-state index < -0.39 is 0 Å². The van der Waals surface area contributed by atoms with Gasteiger partial charge in [0.1, 0.15) is 5.82 Å². The topological polar surface area (TPSA) is 92.3 Å². The molecule has 78 valence electrons. The van der Waals surface area contributed by atoms with Crippen molar-refractivity contribution in [1.29, 1.82) is 0 Å². The van der Waals surface area contributed by atoms with E-state index in [0.717, 1.165) is 0 Å². The van der Waals surface area contributed by atoms with Crippen LogP contribution in [0.15, 0.2) is 12.1 Å². The summed E-state index contributed by atoms with van der Waals surface area (Å²) in [5, 5.41) is 24.5. The number of nitrogens with one attached hydrogen (secondary N) is 2. The van der Waals surface area contributed by atoms with Gasteiger partial charge in [0, 0.05) is 0 Å². The Morgan fingerprint density at radius 1 is 1.33 bits per heavy atom. The number of hydrogen-bond acceptors (Lipinski definition) is 6. The Morgan fingerprint density at radius 2 is 2.20 bits per heavy atom. The molecule has 0 radical (unpaired) electrons. The minimum atomic E-state index is -0.0979. The minimum absolute atomic E-state index is 0.0979. The largest absolute Gasteiger partial charge is 0.359 e. The molecule has 2 N–H and O–H groups in total. The fourth-order valence-electron chi connectivity index (χ4n) is 1.03. The zero-order valence-electron chi connectivity index (χ0n) is 7.85. The maximum Gasteiger partial charge on any atom is 0.196 e. The molecule has 0 saturated carbocycles. The maximum atomic E-state index is 5.61. The lowest BCUT2D eigenvalue weighted by atomic mass is 10.3. The van der Waals surface area contributed by atoms with Crippen LogP contribution in [0.2, 0.25) is 5.15 Å². The number of halogens is 1. The predicted molar refractivity (Wildman–Crippen MR) is 53.3 cm³/mol. The Balaban J connectivity index is 2.06. The number of aromatic nitrogens is 6. The summed E-state index contributed by atoms with van der Waals surface area (Å²) < 4.78 is 0. The standard InChI is InChI=1S/C7H8ClN7/c1-4(7-12-14-15-13-7)9-6-3-2-5(8)10-11-6/h2-4H,1H3,(H,9,11)(H,12,13,14,15). The van der Waals surface area contributed by atoms with E-state index >= 15 is 0 Å². The zero-order chi connectivity index (χ0) is 10.7. The minimum Gasteiger partial charge on any atom is -0.359 e. The summed E-state index contributed by atoms with van der Waals surface area (Å²) in [4.78, 5) is 0. The molecular weight excluding hydrogens is 218 g/mol. The fourth-order valence-corrected chi connectivity index (χ4v) is 1.13. The molecular formula is C7H8ClN7. The normalized spacial score (nSPS) is 12.4. The van der Waals surface area contributed by atoms with Crippen LogP contribution in [0.25, 0.3) is 0 Å². The summed E-state index contributed by atoms with van der Waals surface area (Å²) in [5.74, 6) is 1.17. The van der Waals surface area contributed by atoms with E-state index in [4.69, 9.17) is 11.6 Å². The second-order valence-electron chi connectivity index (χ2n) is 2.88. The highest BCUT2D eigenvalue weighted by atomic mass is 35.5. The van der Waals surface area contributed by atoms with E-state index in [1.165, 1.54) is 0 Å². The molecule has 0 fully saturated rings. The zero-order valence-corrected chi connectivity index (χ0v) is 8.60. The van der Waals surface area contributed by atoms with Gasteiger partial charge in [-0.15, -0.1) is 20.4 Å². The van der Waals surface area contributed by atoms with Gasteiger partial charge >= 0.3 is 0 Å². The van der Waals surface area contributed by atoms with Crippen LogP contribution in [0.3, 0.4) is 0 Å². The van der Waals surface area contributed by atoms with E-state index in [-0.39, 0.29) is 6.04 Å². The van der Waals surface area contributed by atoms with E-state index in [1.54, 1.807) is 12.1 Å². The summed E-state index contributed by atoms with van der Waals surface area (Å²) in [6.07, 6.45) is 0. The summed E-state index contributed by atoms with van der Waals surface area (Å²) in [6.45, 7) is 1.89. The average Bonchev–Trinajstić information content (AvgIpc) is 2.74. The maximum absolute atomic E-state index is 5.61. The lowest BCUT2D eigenvalue weighted by Crippen LogP contribution is -2.10. The first kappa shape index (κ1) is 9.78. The Bertz CT molecular complexity index is 411. The van der Waals surface area contributed by atoms with Crippen LogP contribution < -0.4 is 5.32 Å². The van der Waals surface area contributed by atoms with E-state index in [9.17, 15) is 0 Å². The van der Waals surface area contributed by atoms with Crippen LogP contribution in [0.4, 0.5) is 5.82 Å². The number of rotatable bonds is 3. The van der Waals surface area contributed by atoms with Crippen molar-refractivity contribution in [2.24, 2.45) is 0 Å². The number of tetrazole rings is 1. The Labute approximate surface area is 90.3 Å². The highest BCUT2D eigenvalue weighted by Gasteiger charge is 2.10. The average molecular weight is 226 g/mol. The lowest BCUT2D eigenvalue weighted by Gasteiger charge is -2.09. The van der Waals surface area contributed by atoms with Gasteiger partial charge in [0.2, 0.25) is 0 Å². The summed E-state index contributed by atoms with van der Waals surface area (Å²) in [7, 11) is 0. The quantitative estimate of drug-likeness (QED) is 0.803. The van der Waals surface area contributed by atoms with Gasteiger partial charge < -0.3 is 5.32 Å². The molecule has 2 aromatic rings. The molecule has 2 aromatic heterocycles. The van der Waals surface area contributed by atoms with Crippen molar-refractivity contribution in [3.63, 3.8) is 0 Å². The Hall–Kier alpha value is -1.76. The van der Waals surface area contributed by atoms with Crippen LogP contribution in [0, 0.1) is 0 Å². The second-order valence-corrected chi connectivity index (χ2v) is 3.26. The first-order valence-corrected chi connectivity index (χ1v) is 4.62. The van der Waals surface area contributed by atoms with Crippen LogP contribution in [0.5, 0.6) is 0 Å². The number of H-pyrrole nitrogens is 1.